The number of aromatic nitrogens is 2. The van der Waals surface area contributed by atoms with Crippen molar-refractivity contribution in [1.82, 2.24) is 9.55 Å². The number of rotatable bonds is 4. The molecule has 0 aliphatic heterocycles. The zero-order chi connectivity index (χ0) is 18.1. The Morgan fingerprint density at radius 2 is 1.62 bits per heavy atom. The molecule has 0 saturated carbocycles. The van der Waals surface area contributed by atoms with Crippen molar-refractivity contribution in [3.8, 4) is 11.4 Å². The first kappa shape index (κ1) is 18.6. The molecule has 0 bridgehead atoms. The van der Waals surface area contributed by atoms with Crippen molar-refractivity contribution in [2.75, 3.05) is 6.61 Å². The monoisotopic (exact) mass is 372 g/mol. The normalized spacial score (nSPS) is 12.7. The number of benzene rings is 1. The first-order valence-corrected chi connectivity index (χ1v) is 7.02. The third-order valence-electron chi connectivity index (χ3n) is 3.03. The van der Waals surface area contributed by atoms with Crippen LogP contribution in [0.1, 0.15) is 18.3 Å². The van der Waals surface area contributed by atoms with E-state index in [1.807, 2.05) is 0 Å². The number of halogens is 7. The SMILES string of the molecule is CCOCn1c(-c2ccc(Cl)cc2)nc(C(F)(F)F)c1C(F)(F)F. The van der Waals surface area contributed by atoms with E-state index in [4.69, 9.17) is 16.3 Å². The number of nitrogens with zero attached hydrogens (tertiary/aromatic N) is 2. The van der Waals surface area contributed by atoms with E-state index in [1.54, 1.807) is 0 Å². The van der Waals surface area contributed by atoms with Gasteiger partial charge in [-0.1, -0.05) is 11.6 Å². The molecule has 0 fully saturated rings. The molecule has 10 heteroatoms. The molecule has 0 unspecified atom stereocenters. The van der Waals surface area contributed by atoms with Gasteiger partial charge in [0, 0.05) is 17.2 Å². The predicted octanol–water partition coefficient (Wildman–Crippen LogP) is 5.24. The Labute approximate surface area is 137 Å². The molecule has 0 N–H and O–H groups in total. The Hall–Kier alpha value is -1.74. The van der Waals surface area contributed by atoms with Gasteiger partial charge in [0.15, 0.2) is 11.4 Å². The fraction of sp³-hybridized carbons (Fsp3) is 0.357. The van der Waals surface area contributed by atoms with Crippen LogP contribution in [0.2, 0.25) is 5.02 Å². The van der Waals surface area contributed by atoms with Gasteiger partial charge in [-0.15, -0.1) is 0 Å². The predicted molar refractivity (Wildman–Crippen MR) is 74.3 cm³/mol. The Balaban J connectivity index is 2.73. The Morgan fingerprint density at radius 3 is 2.08 bits per heavy atom. The van der Waals surface area contributed by atoms with Crippen molar-refractivity contribution in [1.29, 1.82) is 0 Å². The van der Waals surface area contributed by atoms with Gasteiger partial charge >= 0.3 is 12.4 Å². The van der Waals surface area contributed by atoms with Crippen molar-refractivity contribution in [3.63, 3.8) is 0 Å². The van der Waals surface area contributed by atoms with Gasteiger partial charge in [0.25, 0.3) is 0 Å². The van der Waals surface area contributed by atoms with Gasteiger partial charge in [-0.3, -0.25) is 4.57 Å². The number of imidazole rings is 1. The van der Waals surface area contributed by atoms with Crippen LogP contribution in [0.4, 0.5) is 26.3 Å². The summed E-state index contributed by atoms with van der Waals surface area (Å²) >= 11 is 5.69. The zero-order valence-electron chi connectivity index (χ0n) is 12.2. The second-order valence-corrected chi connectivity index (χ2v) is 5.12. The summed E-state index contributed by atoms with van der Waals surface area (Å²) in [6, 6.07) is 5.26. The highest BCUT2D eigenvalue weighted by Gasteiger charge is 2.49. The summed E-state index contributed by atoms with van der Waals surface area (Å²) in [7, 11) is 0. The fourth-order valence-electron chi connectivity index (χ4n) is 2.07. The quantitative estimate of drug-likeness (QED) is 0.687. The largest absolute Gasteiger partial charge is 0.435 e. The van der Waals surface area contributed by atoms with Crippen LogP contribution in [0.25, 0.3) is 11.4 Å². The Bertz CT molecular complexity index is 706. The van der Waals surface area contributed by atoms with Crippen LogP contribution < -0.4 is 0 Å². The van der Waals surface area contributed by atoms with Crippen LogP contribution >= 0.6 is 11.6 Å². The van der Waals surface area contributed by atoms with Gasteiger partial charge in [-0.25, -0.2) is 4.98 Å². The first-order chi connectivity index (χ1) is 11.1. The average molecular weight is 373 g/mol. The van der Waals surface area contributed by atoms with Crippen LogP contribution in [0.3, 0.4) is 0 Å². The van der Waals surface area contributed by atoms with E-state index in [9.17, 15) is 26.3 Å². The molecule has 0 spiro atoms. The molecule has 1 aromatic carbocycles. The number of hydrogen-bond donors (Lipinski definition) is 0. The first-order valence-electron chi connectivity index (χ1n) is 6.64. The highest BCUT2D eigenvalue weighted by atomic mass is 35.5. The number of hydrogen-bond acceptors (Lipinski definition) is 2. The maximum Gasteiger partial charge on any atom is 0.435 e. The highest BCUT2D eigenvalue weighted by molar-refractivity contribution is 6.30. The summed E-state index contributed by atoms with van der Waals surface area (Å²) in [5.74, 6) is -0.500. The summed E-state index contributed by atoms with van der Waals surface area (Å²) in [4.78, 5) is 3.20. The van der Waals surface area contributed by atoms with Gasteiger partial charge in [-0.05, 0) is 31.2 Å². The lowest BCUT2D eigenvalue weighted by Crippen LogP contribution is -2.21. The second-order valence-electron chi connectivity index (χ2n) is 4.68. The van der Waals surface area contributed by atoms with Gasteiger partial charge in [0.1, 0.15) is 12.6 Å². The summed E-state index contributed by atoms with van der Waals surface area (Å²) in [5.41, 5.74) is -3.84. The molecule has 2 rings (SSSR count). The minimum atomic E-state index is -5.26. The molecular weight excluding hydrogens is 362 g/mol. The standard InChI is InChI=1S/C14H11ClF6N2O/c1-2-24-7-23-11(14(19,20)21)10(13(16,17)18)22-12(23)8-3-5-9(15)6-4-8/h3-6H,2,7H2,1H3. The smallest absolute Gasteiger partial charge is 0.361 e. The molecule has 0 radical (unpaired) electrons. The number of ether oxygens (including phenoxy) is 1. The number of alkyl halides is 6. The highest BCUT2D eigenvalue weighted by Crippen LogP contribution is 2.42. The van der Waals surface area contributed by atoms with E-state index < -0.39 is 36.3 Å². The average Bonchev–Trinajstić information content (AvgIpc) is 2.85. The van der Waals surface area contributed by atoms with Crippen LogP contribution in [-0.4, -0.2) is 16.2 Å². The van der Waals surface area contributed by atoms with E-state index in [1.165, 1.54) is 31.2 Å². The van der Waals surface area contributed by atoms with E-state index in [0.717, 1.165) is 0 Å². The topological polar surface area (TPSA) is 27.1 Å². The van der Waals surface area contributed by atoms with Crippen LogP contribution in [0.5, 0.6) is 0 Å². The Morgan fingerprint density at radius 1 is 1.04 bits per heavy atom. The molecule has 0 atom stereocenters. The second kappa shape index (κ2) is 6.64. The fourth-order valence-corrected chi connectivity index (χ4v) is 2.19. The lowest BCUT2D eigenvalue weighted by Gasteiger charge is -2.15. The van der Waals surface area contributed by atoms with Gasteiger partial charge in [0.2, 0.25) is 0 Å². The Kier molecular flexibility index (Phi) is 5.14. The zero-order valence-corrected chi connectivity index (χ0v) is 12.9. The third-order valence-corrected chi connectivity index (χ3v) is 3.28. The molecule has 1 aromatic heterocycles. The van der Waals surface area contributed by atoms with Crippen molar-refractivity contribution in [3.05, 3.63) is 40.7 Å². The molecule has 2 aromatic rings. The van der Waals surface area contributed by atoms with Crippen molar-refractivity contribution >= 4 is 11.6 Å². The van der Waals surface area contributed by atoms with E-state index in [0.29, 0.717) is 4.57 Å². The molecule has 1 heterocycles. The maximum absolute atomic E-state index is 13.2. The summed E-state index contributed by atoms with van der Waals surface area (Å²) in [5, 5.41) is 0.286. The minimum absolute atomic E-state index is 0.0247. The van der Waals surface area contributed by atoms with Crippen molar-refractivity contribution in [2.24, 2.45) is 0 Å². The summed E-state index contributed by atoms with van der Waals surface area (Å²) in [6.45, 7) is 0.820. The van der Waals surface area contributed by atoms with E-state index >= 15 is 0 Å². The van der Waals surface area contributed by atoms with Crippen molar-refractivity contribution < 1.29 is 31.1 Å². The molecule has 3 nitrogen and oxygen atoms in total. The molecule has 24 heavy (non-hydrogen) atoms. The van der Waals surface area contributed by atoms with Gasteiger partial charge < -0.3 is 4.74 Å². The van der Waals surface area contributed by atoms with E-state index in [2.05, 4.69) is 4.98 Å². The van der Waals surface area contributed by atoms with Crippen LogP contribution in [0.15, 0.2) is 24.3 Å². The maximum atomic E-state index is 13.2. The van der Waals surface area contributed by atoms with Crippen molar-refractivity contribution in [2.45, 2.75) is 26.0 Å². The van der Waals surface area contributed by atoms with Crippen LogP contribution in [0, 0.1) is 0 Å². The molecule has 0 aliphatic rings. The van der Waals surface area contributed by atoms with E-state index in [-0.39, 0.29) is 17.2 Å². The molecule has 0 saturated heterocycles. The summed E-state index contributed by atoms with van der Waals surface area (Å²) in [6.07, 6.45) is -10.5. The van der Waals surface area contributed by atoms with Crippen LogP contribution in [-0.2, 0) is 23.8 Å². The lowest BCUT2D eigenvalue weighted by molar-refractivity contribution is -0.168. The molecule has 0 amide bonds. The molecule has 132 valence electrons. The molecular formula is C14H11ClF6N2O. The lowest BCUT2D eigenvalue weighted by atomic mass is 10.2. The van der Waals surface area contributed by atoms with Gasteiger partial charge in [0.05, 0.1) is 0 Å². The third kappa shape index (κ3) is 3.84. The minimum Gasteiger partial charge on any atom is -0.361 e. The van der Waals surface area contributed by atoms with Gasteiger partial charge in [-0.2, -0.15) is 26.3 Å². The molecule has 0 aliphatic carbocycles. The summed E-state index contributed by atoms with van der Waals surface area (Å²) < 4.78 is 84.0.